The van der Waals surface area contributed by atoms with Gasteiger partial charge in [-0.3, -0.25) is 4.68 Å². The molecule has 2 N–H and O–H groups in total. The lowest BCUT2D eigenvalue weighted by atomic mass is 9.99. The highest BCUT2D eigenvalue weighted by atomic mass is 16.5. The lowest BCUT2D eigenvalue weighted by molar-refractivity contribution is 0.372. The van der Waals surface area contributed by atoms with Gasteiger partial charge in [0.2, 0.25) is 0 Å². The predicted molar refractivity (Wildman–Crippen MR) is 60.8 cm³/mol. The largest absolute Gasteiger partial charge is 0.332 e. The molecule has 0 atom stereocenters. The molecule has 2 aromatic rings. The molecule has 0 aliphatic heterocycles. The molecule has 90 valence electrons. The molecule has 6 heteroatoms. The molecular weight excluding hydrogens is 218 g/mol. The van der Waals surface area contributed by atoms with Crippen LogP contribution < -0.4 is 5.73 Å². The topological polar surface area (TPSA) is 82.8 Å². The smallest absolute Gasteiger partial charge is 0.278 e. The van der Waals surface area contributed by atoms with Crippen LogP contribution in [0.25, 0.3) is 11.6 Å². The van der Waals surface area contributed by atoms with Crippen molar-refractivity contribution in [2.45, 2.75) is 31.2 Å². The predicted octanol–water partition coefficient (Wildman–Crippen LogP) is 1.20. The highest BCUT2D eigenvalue weighted by Gasteiger charge is 2.36. The van der Waals surface area contributed by atoms with Crippen molar-refractivity contribution in [1.82, 2.24) is 19.9 Å². The van der Waals surface area contributed by atoms with Gasteiger partial charge in [-0.25, -0.2) is 0 Å². The maximum Gasteiger partial charge on any atom is 0.278 e. The minimum absolute atomic E-state index is 0.406. The summed E-state index contributed by atoms with van der Waals surface area (Å²) in [6.07, 6.45) is 5.95. The van der Waals surface area contributed by atoms with E-state index in [4.69, 9.17) is 10.3 Å². The van der Waals surface area contributed by atoms with Gasteiger partial charge < -0.3 is 10.3 Å². The van der Waals surface area contributed by atoms with E-state index in [1.54, 1.807) is 4.68 Å². The lowest BCUT2D eigenvalue weighted by Gasteiger charge is -2.17. The number of aromatic nitrogens is 4. The molecule has 0 radical (unpaired) electrons. The second-order valence-corrected chi connectivity index (χ2v) is 4.66. The fraction of sp³-hybridized carbons (Fsp3) is 0.545. The van der Waals surface area contributed by atoms with Crippen LogP contribution in [0.3, 0.4) is 0 Å². The molecule has 0 saturated heterocycles. The molecule has 1 aliphatic carbocycles. The fourth-order valence-corrected chi connectivity index (χ4v) is 2.29. The zero-order valence-corrected chi connectivity index (χ0v) is 9.76. The van der Waals surface area contributed by atoms with Gasteiger partial charge in [0.25, 0.3) is 5.89 Å². The quantitative estimate of drug-likeness (QED) is 0.842. The Labute approximate surface area is 98.8 Å². The van der Waals surface area contributed by atoms with Gasteiger partial charge in [-0.05, 0) is 18.9 Å². The van der Waals surface area contributed by atoms with Gasteiger partial charge in [-0.15, -0.1) is 0 Å². The molecule has 0 unspecified atom stereocenters. The van der Waals surface area contributed by atoms with Crippen LogP contribution in [0, 0.1) is 0 Å². The van der Waals surface area contributed by atoms with Crippen molar-refractivity contribution in [3.63, 3.8) is 0 Å². The van der Waals surface area contributed by atoms with Crippen LogP contribution >= 0.6 is 0 Å². The van der Waals surface area contributed by atoms with Gasteiger partial charge in [0, 0.05) is 13.2 Å². The van der Waals surface area contributed by atoms with Gasteiger partial charge >= 0.3 is 0 Å². The van der Waals surface area contributed by atoms with Crippen LogP contribution in [0.2, 0.25) is 0 Å². The molecule has 2 heterocycles. The summed E-state index contributed by atoms with van der Waals surface area (Å²) in [7, 11) is 1.85. The van der Waals surface area contributed by atoms with E-state index in [1.165, 1.54) is 0 Å². The first-order valence-corrected chi connectivity index (χ1v) is 5.80. The summed E-state index contributed by atoms with van der Waals surface area (Å²) >= 11 is 0. The van der Waals surface area contributed by atoms with Crippen LogP contribution in [-0.4, -0.2) is 19.9 Å². The van der Waals surface area contributed by atoms with Gasteiger partial charge in [0.05, 0.1) is 5.54 Å². The first-order valence-electron chi connectivity index (χ1n) is 5.80. The Morgan fingerprint density at radius 1 is 1.41 bits per heavy atom. The van der Waals surface area contributed by atoms with Gasteiger partial charge in [0.1, 0.15) is 0 Å². The average molecular weight is 233 g/mol. The fourth-order valence-electron chi connectivity index (χ4n) is 2.29. The summed E-state index contributed by atoms with van der Waals surface area (Å²) in [5.74, 6) is 1.05. The number of rotatable bonds is 2. The van der Waals surface area contributed by atoms with Crippen molar-refractivity contribution in [3.05, 3.63) is 18.1 Å². The van der Waals surface area contributed by atoms with Crippen molar-refractivity contribution in [3.8, 4) is 11.6 Å². The summed E-state index contributed by atoms with van der Waals surface area (Å²) in [4.78, 5) is 4.37. The Balaban J connectivity index is 1.92. The molecule has 17 heavy (non-hydrogen) atoms. The minimum Gasteiger partial charge on any atom is -0.332 e. The van der Waals surface area contributed by atoms with Crippen molar-refractivity contribution in [2.24, 2.45) is 12.8 Å². The Morgan fingerprint density at radius 2 is 2.18 bits per heavy atom. The number of nitrogens with two attached hydrogens (primary N) is 1. The van der Waals surface area contributed by atoms with Crippen LogP contribution in [-0.2, 0) is 12.6 Å². The highest BCUT2D eigenvalue weighted by Crippen LogP contribution is 2.35. The van der Waals surface area contributed by atoms with E-state index in [0.29, 0.717) is 17.4 Å². The van der Waals surface area contributed by atoms with Crippen molar-refractivity contribution < 1.29 is 4.52 Å². The van der Waals surface area contributed by atoms with E-state index < -0.39 is 5.54 Å². The molecule has 3 rings (SSSR count). The van der Waals surface area contributed by atoms with E-state index in [9.17, 15) is 0 Å². The average Bonchev–Trinajstić information content (AvgIpc) is 2.96. The standard InChI is InChI=1S/C11H15N5O/c1-16-7-4-8(14-16)9-13-10(15-17-9)11(12)5-2-3-6-11/h4,7H,2-3,5-6,12H2,1H3. The van der Waals surface area contributed by atoms with Gasteiger partial charge in [-0.1, -0.05) is 18.0 Å². The monoisotopic (exact) mass is 233 g/mol. The molecule has 0 aromatic carbocycles. The second kappa shape index (κ2) is 3.66. The van der Waals surface area contributed by atoms with Crippen LogP contribution in [0.1, 0.15) is 31.5 Å². The molecule has 2 aromatic heterocycles. The van der Waals surface area contributed by atoms with E-state index in [-0.39, 0.29) is 0 Å². The van der Waals surface area contributed by atoms with E-state index in [1.807, 2.05) is 19.3 Å². The normalized spacial score (nSPS) is 18.7. The third-order valence-corrected chi connectivity index (χ3v) is 3.30. The summed E-state index contributed by atoms with van der Waals surface area (Å²) in [5, 5.41) is 8.22. The highest BCUT2D eigenvalue weighted by molar-refractivity contribution is 5.45. The Bertz CT molecular complexity index is 523. The summed E-state index contributed by atoms with van der Waals surface area (Å²) in [6, 6.07) is 1.84. The summed E-state index contributed by atoms with van der Waals surface area (Å²) in [6.45, 7) is 0. The molecular formula is C11H15N5O. The third kappa shape index (κ3) is 1.74. The first-order chi connectivity index (χ1) is 8.17. The molecule has 6 nitrogen and oxygen atoms in total. The van der Waals surface area contributed by atoms with Crippen molar-refractivity contribution >= 4 is 0 Å². The van der Waals surface area contributed by atoms with Gasteiger partial charge in [0.15, 0.2) is 11.5 Å². The molecule has 0 bridgehead atoms. The van der Waals surface area contributed by atoms with Crippen LogP contribution in [0.15, 0.2) is 16.8 Å². The Hall–Kier alpha value is -1.69. The molecule has 1 saturated carbocycles. The molecule has 1 aliphatic rings. The van der Waals surface area contributed by atoms with Crippen molar-refractivity contribution in [1.29, 1.82) is 0 Å². The van der Waals surface area contributed by atoms with Gasteiger partial charge in [-0.2, -0.15) is 10.1 Å². The number of hydrogen-bond acceptors (Lipinski definition) is 5. The number of nitrogens with zero attached hydrogens (tertiary/aromatic N) is 4. The van der Waals surface area contributed by atoms with E-state index in [0.717, 1.165) is 25.7 Å². The number of hydrogen-bond donors (Lipinski definition) is 1. The maximum absolute atomic E-state index is 6.27. The van der Waals surface area contributed by atoms with Crippen LogP contribution in [0.4, 0.5) is 0 Å². The zero-order valence-electron chi connectivity index (χ0n) is 9.76. The summed E-state index contributed by atoms with van der Waals surface area (Å²) < 4.78 is 6.93. The Morgan fingerprint density at radius 3 is 2.82 bits per heavy atom. The molecule has 1 fully saturated rings. The van der Waals surface area contributed by atoms with E-state index >= 15 is 0 Å². The zero-order chi connectivity index (χ0) is 11.9. The minimum atomic E-state index is -0.406. The van der Waals surface area contributed by atoms with E-state index in [2.05, 4.69) is 15.2 Å². The SMILES string of the molecule is Cn1ccc(-c2nc(C3(N)CCCC3)no2)n1. The second-order valence-electron chi connectivity index (χ2n) is 4.66. The lowest BCUT2D eigenvalue weighted by Crippen LogP contribution is -2.34. The maximum atomic E-state index is 6.27. The first kappa shape index (κ1) is 10.5. The third-order valence-electron chi connectivity index (χ3n) is 3.30. The molecule has 0 spiro atoms. The summed E-state index contributed by atoms with van der Waals surface area (Å²) in [5.41, 5.74) is 6.55. The molecule has 0 amide bonds. The van der Waals surface area contributed by atoms with Crippen LogP contribution in [0.5, 0.6) is 0 Å². The Kier molecular flexibility index (Phi) is 2.25. The number of aryl methyl sites for hydroxylation is 1. The van der Waals surface area contributed by atoms with Crippen molar-refractivity contribution in [2.75, 3.05) is 0 Å².